The van der Waals surface area contributed by atoms with Gasteiger partial charge in [-0.25, -0.2) is 13.4 Å². The number of nitrogens with one attached hydrogen (secondary N) is 1. The Bertz CT molecular complexity index is 1170. The van der Waals surface area contributed by atoms with Crippen LogP contribution < -0.4 is 0 Å². The quantitative estimate of drug-likeness (QED) is 0.631. The Labute approximate surface area is 160 Å². The van der Waals surface area contributed by atoms with E-state index in [0.717, 1.165) is 12.1 Å². The van der Waals surface area contributed by atoms with Crippen LogP contribution in [0.25, 0.3) is 22.4 Å². The molecule has 0 atom stereocenters. The number of phenols is 1. The second kappa shape index (κ2) is 6.23. The first-order chi connectivity index (χ1) is 12.7. The van der Waals surface area contributed by atoms with E-state index in [-0.39, 0.29) is 28.0 Å². The van der Waals surface area contributed by atoms with Crippen molar-refractivity contribution in [2.24, 2.45) is 0 Å². The molecule has 3 aromatic rings. The summed E-state index contributed by atoms with van der Waals surface area (Å²) >= 11 is 0. The topological polar surface area (TPSA) is 83.1 Å². The molecule has 1 heterocycles. The molecule has 5 nitrogen and oxygen atoms in total. The van der Waals surface area contributed by atoms with Crippen LogP contribution in [0.15, 0.2) is 35.2 Å². The summed E-state index contributed by atoms with van der Waals surface area (Å²) in [5.74, 6) is 0.271. The van der Waals surface area contributed by atoms with Crippen LogP contribution >= 0.6 is 0 Å². The molecular weight excluding hydrogens is 393 g/mol. The highest BCUT2D eigenvalue weighted by Gasteiger charge is 2.47. The predicted octanol–water partition coefficient (Wildman–Crippen LogP) is 4.83. The van der Waals surface area contributed by atoms with Gasteiger partial charge in [0.1, 0.15) is 11.6 Å². The van der Waals surface area contributed by atoms with Gasteiger partial charge in [-0.15, -0.1) is 0 Å². The molecule has 2 aromatic carbocycles. The number of aryl methyl sites for hydroxylation is 1. The largest absolute Gasteiger partial charge is 0.507 e. The summed E-state index contributed by atoms with van der Waals surface area (Å²) in [5, 5.41) is 10.8. The molecular formula is C19H19F3N2O3S. The summed E-state index contributed by atoms with van der Waals surface area (Å²) in [5.41, 5.74) is -3.49. The first-order valence-electron chi connectivity index (χ1n) is 8.38. The summed E-state index contributed by atoms with van der Waals surface area (Å²) in [6, 6.07) is 6.60. The molecule has 0 fully saturated rings. The zero-order valence-electron chi connectivity index (χ0n) is 15.6. The Balaban J connectivity index is 2.20. The lowest BCUT2D eigenvalue weighted by Crippen LogP contribution is -2.23. The predicted molar refractivity (Wildman–Crippen MR) is 99.9 cm³/mol. The second-order valence-corrected chi connectivity index (χ2v) is 9.56. The Kier molecular flexibility index (Phi) is 4.49. The summed E-state index contributed by atoms with van der Waals surface area (Å²) in [6.45, 7) is 7.59. The standard InChI is InChI=1S/C19H19F3N2O3S/c1-10-5-7-12(18(2,3)4)16(25)15(10)17-23-13-8-6-11(9-14(13)24-17)28(26,27)19(20,21)22/h5-9,25H,1-4H3,(H,23,24). The number of hydrogen-bond acceptors (Lipinski definition) is 4. The third-order valence-corrected chi connectivity index (χ3v) is 5.98. The first kappa shape index (κ1) is 20.2. The number of aromatic nitrogens is 2. The van der Waals surface area contributed by atoms with E-state index in [9.17, 15) is 26.7 Å². The zero-order chi connectivity index (χ0) is 21.1. The summed E-state index contributed by atoms with van der Waals surface area (Å²) in [7, 11) is -5.46. The highest BCUT2D eigenvalue weighted by molar-refractivity contribution is 7.92. The average Bonchev–Trinajstić information content (AvgIpc) is 2.94. The van der Waals surface area contributed by atoms with Crippen molar-refractivity contribution in [1.82, 2.24) is 9.97 Å². The van der Waals surface area contributed by atoms with Gasteiger partial charge in [0.05, 0.1) is 21.5 Å². The third kappa shape index (κ3) is 3.23. The smallest absolute Gasteiger partial charge is 0.501 e. The summed E-state index contributed by atoms with van der Waals surface area (Å²) in [4.78, 5) is 6.29. The SMILES string of the molecule is Cc1ccc(C(C)(C)C)c(O)c1-c1nc2ccc(S(=O)(=O)C(F)(F)F)cc2[nH]1. The van der Waals surface area contributed by atoms with E-state index in [2.05, 4.69) is 9.97 Å². The number of hydrogen-bond donors (Lipinski definition) is 2. The number of H-pyrrole nitrogens is 1. The van der Waals surface area contributed by atoms with Crippen molar-refractivity contribution < 1.29 is 26.7 Å². The highest BCUT2D eigenvalue weighted by Crippen LogP contribution is 2.40. The van der Waals surface area contributed by atoms with E-state index < -0.39 is 20.2 Å². The number of alkyl halides is 3. The van der Waals surface area contributed by atoms with Gasteiger partial charge in [0, 0.05) is 5.56 Å². The van der Waals surface area contributed by atoms with E-state index in [4.69, 9.17) is 0 Å². The van der Waals surface area contributed by atoms with Crippen molar-refractivity contribution in [2.45, 2.75) is 43.5 Å². The lowest BCUT2D eigenvalue weighted by Gasteiger charge is -2.22. The number of nitrogens with zero attached hydrogens (tertiary/aromatic N) is 1. The number of sulfone groups is 1. The van der Waals surface area contributed by atoms with Crippen molar-refractivity contribution in [3.63, 3.8) is 0 Å². The van der Waals surface area contributed by atoms with Crippen molar-refractivity contribution in [3.05, 3.63) is 41.5 Å². The second-order valence-electron chi connectivity index (χ2n) is 7.62. The molecule has 0 bridgehead atoms. The molecule has 0 aliphatic heterocycles. The van der Waals surface area contributed by atoms with Gasteiger partial charge in [-0.2, -0.15) is 13.2 Å². The van der Waals surface area contributed by atoms with Crippen LogP contribution in [-0.4, -0.2) is 29.0 Å². The van der Waals surface area contributed by atoms with Gasteiger partial charge in [0.15, 0.2) is 0 Å². The molecule has 0 aliphatic rings. The minimum absolute atomic E-state index is 0.0229. The van der Waals surface area contributed by atoms with Crippen LogP contribution in [0, 0.1) is 6.92 Å². The number of rotatable bonds is 2. The van der Waals surface area contributed by atoms with Crippen molar-refractivity contribution >= 4 is 20.9 Å². The lowest BCUT2D eigenvalue weighted by atomic mass is 9.84. The van der Waals surface area contributed by atoms with Gasteiger partial charge in [0.2, 0.25) is 0 Å². The van der Waals surface area contributed by atoms with Crippen LogP contribution in [0.2, 0.25) is 0 Å². The number of phenolic OH excluding ortho intramolecular Hbond substituents is 1. The normalized spacial score (nSPS) is 13.2. The maximum Gasteiger partial charge on any atom is 0.501 e. The molecule has 150 valence electrons. The van der Waals surface area contributed by atoms with Crippen LogP contribution in [0.3, 0.4) is 0 Å². The van der Waals surface area contributed by atoms with Gasteiger partial charge in [0.25, 0.3) is 9.84 Å². The van der Waals surface area contributed by atoms with Gasteiger partial charge >= 0.3 is 5.51 Å². The Morgan fingerprint density at radius 2 is 1.71 bits per heavy atom. The number of aromatic hydroxyl groups is 1. The molecule has 1 aromatic heterocycles. The Morgan fingerprint density at radius 3 is 2.29 bits per heavy atom. The lowest BCUT2D eigenvalue weighted by molar-refractivity contribution is -0.0435. The fourth-order valence-electron chi connectivity index (χ4n) is 3.00. The monoisotopic (exact) mass is 412 g/mol. The molecule has 0 radical (unpaired) electrons. The molecule has 0 unspecified atom stereocenters. The van der Waals surface area contributed by atoms with Crippen LogP contribution in [0.5, 0.6) is 5.75 Å². The summed E-state index contributed by atoms with van der Waals surface area (Å²) < 4.78 is 61.7. The van der Waals surface area contributed by atoms with E-state index >= 15 is 0 Å². The fraction of sp³-hybridized carbons (Fsp3) is 0.316. The van der Waals surface area contributed by atoms with Gasteiger partial charge in [-0.1, -0.05) is 32.9 Å². The fourth-order valence-corrected chi connectivity index (χ4v) is 3.79. The molecule has 0 spiro atoms. The molecule has 9 heteroatoms. The van der Waals surface area contributed by atoms with Crippen molar-refractivity contribution in [1.29, 1.82) is 0 Å². The Morgan fingerprint density at radius 1 is 1.07 bits per heavy atom. The van der Waals surface area contributed by atoms with E-state index in [0.29, 0.717) is 16.7 Å². The van der Waals surface area contributed by atoms with Gasteiger partial charge in [-0.3, -0.25) is 0 Å². The number of fused-ring (bicyclic) bond motifs is 1. The van der Waals surface area contributed by atoms with E-state index in [1.165, 1.54) is 6.07 Å². The molecule has 0 saturated carbocycles. The maximum atomic E-state index is 12.8. The third-order valence-electron chi connectivity index (χ3n) is 4.50. The molecule has 28 heavy (non-hydrogen) atoms. The minimum Gasteiger partial charge on any atom is -0.507 e. The van der Waals surface area contributed by atoms with Gasteiger partial charge < -0.3 is 10.1 Å². The molecule has 2 N–H and O–H groups in total. The van der Waals surface area contributed by atoms with Crippen molar-refractivity contribution in [2.75, 3.05) is 0 Å². The maximum absolute atomic E-state index is 12.8. The van der Waals surface area contributed by atoms with Gasteiger partial charge in [-0.05, 0) is 36.1 Å². The van der Waals surface area contributed by atoms with Crippen LogP contribution in [0.4, 0.5) is 13.2 Å². The summed E-state index contributed by atoms with van der Waals surface area (Å²) in [6.07, 6.45) is 0. The molecule has 0 saturated heterocycles. The molecule has 0 aliphatic carbocycles. The first-order valence-corrected chi connectivity index (χ1v) is 9.86. The minimum atomic E-state index is -5.46. The average molecular weight is 412 g/mol. The number of aromatic amines is 1. The van der Waals surface area contributed by atoms with Crippen molar-refractivity contribution in [3.8, 4) is 17.1 Å². The molecule has 0 amide bonds. The van der Waals surface area contributed by atoms with E-state index in [1.54, 1.807) is 6.92 Å². The number of halogens is 3. The zero-order valence-corrected chi connectivity index (χ0v) is 16.5. The van der Waals surface area contributed by atoms with Crippen LogP contribution in [-0.2, 0) is 15.3 Å². The Hall–Kier alpha value is -2.55. The van der Waals surface area contributed by atoms with E-state index in [1.807, 2.05) is 32.9 Å². The number of imidazole rings is 1. The number of benzene rings is 2. The van der Waals surface area contributed by atoms with Crippen LogP contribution in [0.1, 0.15) is 31.9 Å². The highest BCUT2D eigenvalue weighted by atomic mass is 32.2. The molecule has 3 rings (SSSR count).